The molecule has 4 heterocycles. The first kappa shape index (κ1) is 22.9. The Balaban J connectivity index is 1.14. The van der Waals surface area contributed by atoms with Crippen molar-refractivity contribution in [1.82, 2.24) is 19.8 Å². The van der Waals surface area contributed by atoms with E-state index in [1.165, 1.54) is 51.4 Å². The molecule has 0 aromatic carbocycles. The van der Waals surface area contributed by atoms with Crippen LogP contribution in [-0.2, 0) is 4.79 Å². The molecule has 7 heteroatoms. The molecule has 5 rings (SSSR count). The van der Waals surface area contributed by atoms with E-state index in [1.807, 2.05) is 6.20 Å². The number of anilines is 2. The SMILES string of the molecule is O=C(C1CCCCC1)N1CCCC(N2CCC(Nc3nccc(N4CCCCCC4)n3)C2)C1. The third-order valence-electron chi connectivity index (χ3n) is 8.30. The maximum absolute atomic E-state index is 13.1. The Morgan fingerprint density at radius 3 is 2.45 bits per heavy atom. The number of rotatable bonds is 5. The number of hydrogen-bond acceptors (Lipinski definition) is 6. The van der Waals surface area contributed by atoms with Gasteiger partial charge in [-0.2, -0.15) is 4.98 Å². The number of carbonyl (C=O) groups is 1. The Hall–Kier alpha value is -1.89. The second-order valence-corrected chi connectivity index (χ2v) is 10.7. The molecule has 1 aromatic heterocycles. The highest BCUT2D eigenvalue weighted by molar-refractivity contribution is 5.79. The van der Waals surface area contributed by atoms with Gasteiger partial charge in [0.15, 0.2) is 0 Å². The summed E-state index contributed by atoms with van der Waals surface area (Å²) in [6.07, 6.45) is 16.5. The maximum Gasteiger partial charge on any atom is 0.225 e. The van der Waals surface area contributed by atoms with E-state index in [0.29, 0.717) is 23.9 Å². The van der Waals surface area contributed by atoms with Gasteiger partial charge in [0.1, 0.15) is 5.82 Å². The van der Waals surface area contributed by atoms with Crippen molar-refractivity contribution in [3.8, 4) is 0 Å². The minimum absolute atomic E-state index is 0.291. The Labute approximate surface area is 199 Å². The van der Waals surface area contributed by atoms with Crippen LogP contribution in [-0.4, -0.2) is 77.0 Å². The summed E-state index contributed by atoms with van der Waals surface area (Å²) in [5.74, 6) is 2.56. The van der Waals surface area contributed by atoms with Crippen LogP contribution in [0.25, 0.3) is 0 Å². The number of piperidine rings is 1. The molecular weight excluding hydrogens is 412 g/mol. The molecular formula is C26H42N6O. The smallest absolute Gasteiger partial charge is 0.225 e. The van der Waals surface area contributed by atoms with Crippen molar-refractivity contribution in [1.29, 1.82) is 0 Å². The number of aromatic nitrogens is 2. The average Bonchev–Trinajstić information content (AvgIpc) is 3.16. The lowest BCUT2D eigenvalue weighted by atomic mass is 9.87. The Morgan fingerprint density at radius 1 is 0.848 bits per heavy atom. The zero-order chi connectivity index (χ0) is 22.5. The molecule has 1 aliphatic carbocycles. The van der Waals surface area contributed by atoms with Gasteiger partial charge in [0.2, 0.25) is 11.9 Å². The fourth-order valence-corrected chi connectivity index (χ4v) is 6.37. The number of carbonyl (C=O) groups excluding carboxylic acids is 1. The van der Waals surface area contributed by atoms with E-state index in [4.69, 9.17) is 4.98 Å². The van der Waals surface area contributed by atoms with Crippen LogP contribution in [0, 0.1) is 5.92 Å². The summed E-state index contributed by atoms with van der Waals surface area (Å²) in [5, 5.41) is 3.62. The second-order valence-electron chi connectivity index (χ2n) is 10.7. The van der Waals surface area contributed by atoms with Crippen LogP contribution in [0.4, 0.5) is 11.8 Å². The van der Waals surface area contributed by atoms with Gasteiger partial charge in [-0.3, -0.25) is 9.69 Å². The highest BCUT2D eigenvalue weighted by atomic mass is 16.2. The highest BCUT2D eigenvalue weighted by Crippen LogP contribution is 2.28. The van der Waals surface area contributed by atoms with Gasteiger partial charge < -0.3 is 15.1 Å². The van der Waals surface area contributed by atoms with Gasteiger partial charge in [0, 0.05) is 63.5 Å². The molecule has 1 N–H and O–H groups in total. The number of amides is 1. The molecule has 1 saturated carbocycles. The van der Waals surface area contributed by atoms with Crippen LogP contribution in [0.15, 0.2) is 12.3 Å². The summed E-state index contributed by atoms with van der Waals surface area (Å²) in [5.41, 5.74) is 0. The molecule has 2 unspecified atom stereocenters. The van der Waals surface area contributed by atoms with Crippen molar-refractivity contribution in [3.05, 3.63) is 12.3 Å². The molecule has 7 nitrogen and oxygen atoms in total. The van der Waals surface area contributed by atoms with Gasteiger partial charge in [0.25, 0.3) is 0 Å². The van der Waals surface area contributed by atoms with E-state index in [-0.39, 0.29) is 0 Å². The third kappa shape index (κ3) is 5.79. The third-order valence-corrected chi connectivity index (χ3v) is 8.30. The lowest BCUT2D eigenvalue weighted by Gasteiger charge is -2.39. The van der Waals surface area contributed by atoms with Gasteiger partial charge in [-0.15, -0.1) is 0 Å². The van der Waals surface area contributed by atoms with Crippen LogP contribution < -0.4 is 10.2 Å². The fourth-order valence-electron chi connectivity index (χ4n) is 6.37. The van der Waals surface area contributed by atoms with Gasteiger partial charge in [-0.1, -0.05) is 32.1 Å². The van der Waals surface area contributed by atoms with Gasteiger partial charge in [-0.05, 0) is 51.0 Å². The van der Waals surface area contributed by atoms with Gasteiger partial charge in [0.05, 0.1) is 0 Å². The molecule has 3 aliphatic heterocycles. The summed E-state index contributed by atoms with van der Waals surface area (Å²) in [7, 11) is 0. The van der Waals surface area contributed by atoms with Crippen LogP contribution in [0.3, 0.4) is 0 Å². The summed E-state index contributed by atoms with van der Waals surface area (Å²) in [6.45, 7) is 6.20. The standard InChI is InChI=1S/C26H42N6O/c33-25(21-9-4-3-5-10-21)32-17-8-11-23(20-32)31-18-13-22(19-31)28-26-27-14-12-24(29-26)30-15-6-1-2-7-16-30/h12,14,21-23H,1-11,13,15-20H2,(H,27,28,29). The number of nitrogens with zero attached hydrogens (tertiary/aromatic N) is 5. The van der Waals surface area contributed by atoms with Crippen molar-refractivity contribution in [2.75, 3.05) is 49.5 Å². The van der Waals surface area contributed by atoms with E-state index in [9.17, 15) is 4.79 Å². The van der Waals surface area contributed by atoms with Crippen LogP contribution in [0.2, 0.25) is 0 Å². The van der Waals surface area contributed by atoms with Crippen LogP contribution in [0.1, 0.15) is 77.0 Å². The summed E-state index contributed by atoms with van der Waals surface area (Å²) in [4.78, 5) is 29.7. The Morgan fingerprint density at radius 2 is 1.64 bits per heavy atom. The summed E-state index contributed by atoms with van der Waals surface area (Å²) >= 11 is 0. The number of nitrogens with one attached hydrogen (secondary N) is 1. The lowest BCUT2D eigenvalue weighted by Crippen LogP contribution is -2.51. The molecule has 33 heavy (non-hydrogen) atoms. The van der Waals surface area contributed by atoms with E-state index >= 15 is 0 Å². The molecule has 3 saturated heterocycles. The molecule has 0 bridgehead atoms. The molecule has 1 amide bonds. The Bertz CT molecular complexity index is 774. The van der Waals surface area contributed by atoms with Gasteiger partial charge in [-0.25, -0.2) is 4.98 Å². The topological polar surface area (TPSA) is 64.6 Å². The van der Waals surface area contributed by atoms with Gasteiger partial charge >= 0.3 is 0 Å². The van der Waals surface area contributed by atoms with E-state index in [0.717, 1.165) is 76.7 Å². The molecule has 0 spiro atoms. The predicted molar refractivity (Wildman–Crippen MR) is 132 cm³/mol. The minimum atomic E-state index is 0.291. The minimum Gasteiger partial charge on any atom is -0.356 e. The maximum atomic E-state index is 13.1. The second kappa shape index (κ2) is 11.0. The Kier molecular flexibility index (Phi) is 7.64. The fraction of sp³-hybridized carbons (Fsp3) is 0.808. The van der Waals surface area contributed by atoms with Crippen molar-refractivity contribution in [3.63, 3.8) is 0 Å². The van der Waals surface area contributed by atoms with E-state index in [1.54, 1.807) is 0 Å². The molecule has 1 aromatic rings. The molecule has 4 aliphatic rings. The molecule has 4 fully saturated rings. The van der Waals surface area contributed by atoms with Crippen molar-refractivity contribution in [2.24, 2.45) is 5.92 Å². The molecule has 0 radical (unpaired) electrons. The quantitative estimate of drug-likeness (QED) is 0.728. The van der Waals surface area contributed by atoms with E-state index < -0.39 is 0 Å². The van der Waals surface area contributed by atoms with Crippen molar-refractivity contribution >= 4 is 17.7 Å². The van der Waals surface area contributed by atoms with E-state index in [2.05, 4.69) is 31.1 Å². The van der Waals surface area contributed by atoms with Crippen molar-refractivity contribution < 1.29 is 4.79 Å². The average molecular weight is 455 g/mol. The molecule has 2 atom stereocenters. The normalized spacial score (nSPS) is 28.0. The summed E-state index contributed by atoms with van der Waals surface area (Å²) < 4.78 is 0. The first-order valence-electron chi connectivity index (χ1n) is 13.6. The van der Waals surface area contributed by atoms with Crippen LogP contribution in [0.5, 0.6) is 0 Å². The predicted octanol–water partition coefficient (Wildman–Crippen LogP) is 3.91. The molecule has 182 valence electrons. The number of hydrogen-bond donors (Lipinski definition) is 1. The lowest BCUT2D eigenvalue weighted by molar-refractivity contribution is -0.138. The zero-order valence-corrected chi connectivity index (χ0v) is 20.3. The first-order valence-corrected chi connectivity index (χ1v) is 13.6. The highest BCUT2D eigenvalue weighted by Gasteiger charge is 2.35. The summed E-state index contributed by atoms with van der Waals surface area (Å²) in [6, 6.07) is 2.94. The van der Waals surface area contributed by atoms with Crippen LogP contribution >= 0.6 is 0 Å². The number of likely N-dealkylation sites (tertiary alicyclic amines) is 2. The largest absolute Gasteiger partial charge is 0.356 e. The van der Waals surface area contributed by atoms with Crippen molar-refractivity contribution in [2.45, 2.75) is 89.1 Å². The first-order chi connectivity index (χ1) is 16.3. The monoisotopic (exact) mass is 454 g/mol. The zero-order valence-electron chi connectivity index (χ0n) is 20.3.